The van der Waals surface area contributed by atoms with Crippen LogP contribution < -0.4 is 0 Å². The van der Waals surface area contributed by atoms with Gasteiger partial charge < -0.3 is 5.21 Å². The van der Waals surface area contributed by atoms with Crippen LogP contribution in [0.15, 0.2) is 5.16 Å². The topological polar surface area (TPSA) is 32.6 Å². The van der Waals surface area contributed by atoms with Crippen molar-refractivity contribution in [1.82, 2.24) is 0 Å². The quantitative estimate of drug-likeness (QED) is 0.339. The van der Waals surface area contributed by atoms with Gasteiger partial charge in [-0.2, -0.15) is 0 Å². The molecule has 0 saturated carbocycles. The molecule has 0 aliphatic rings. The molecule has 0 atom stereocenters. The Morgan fingerprint density at radius 2 is 2.38 bits per heavy atom. The van der Waals surface area contributed by atoms with E-state index in [1.807, 2.05) is 6.92 Å². The van der Waals surface area contributed by atoms with Gasteiger partial charge in [-0.3, -0.25) is 0 Å². The molecule has 0 aliphatic carbocycles. The monoisotopic (exact) mass is 114 g/mol. The maximum Gasteiger partial charge on any atom is 0.0570 e. The van der Waals surface area contributed by atoms with E-state index in [1.54, 1.807) is 0 Å². The first kappa shape index (κ1) is 7.47. The fourth-order valence-electron chi connectivity index (χ4n) is 0.514. The first-order valence-electron chi connectivity index (χ1n) is 2.84. The third kappa shape index (κ3) is 2.61. The average Bonchev–Trinajstić information content (AvgIpc) is 1.83. The van der Waals surface area contributed by atoms with Crippen molar-refractivity contribution < 1.29 is 5.21 Å². The molecule has 2 nitrogen and oxygen atoms in total. The molecule has 2 heteroatoms. The fourth-order valence-corrected chi connectivity index (χ4v) is 0.514. The number of hydrogen-bond donors (Lipinski definition) is 1. The Balaban J connectivity index is 3.38. The van der Waals surface area contributed by atoms with Crippen molar-refractivity contribution in [1.29, 1.82) is 0 Å². The molecule has 0 amide bonds. The van der Waals surface area contributed by atoms with E-state index in [9.17, 15) is 0 Å². The predicted octanol–water partition coefficient (Wildman–Crippen LogP) is 1.84. The summed E-state index contributed by atoms with van der Waals surface area (Å²) in [7, 11) is 0. The molecule has 0 bridgehead atoms. The predicted molar refractivity (Wildman–Crippen MR) is 34.1 cm³/mol. The minimum atomic E-state index is 0.615. The van der Waals surface area contributed by atoms with Crippen LogP contribution in [0, 0.1) is 6.92 Å². The van der Waals surface area contributed by atoms with Crippen molar-refractivity contribution in [2.24, 2.45) is 5.16 Å². The Labute approximate surface area is 50.2 Å². The van der Waals surface area contributed by atoms with E-state index in [-0.39, 0.29) is 0 Å². The van der Waals surface area contributed by atoms with Crippen LogP contribution in [0.5, 0.6) is 0 Å². The SMILES string of the molecule is [CH2]CC(CCC)=NO. The molecule has 0 aliphatic heterocycles. The molecule has 0 aromatic carbocycles. The molecule has 47 valence electrons. The zero-order valence-corrected chi connectivity index (χ0v) is 5.22. The Bertz CT molecular complexity index is 78.6. The molecule has 0 spiro atoms. The normalized spacial score (nSPS) is 12.0. The summed E-state index contributed by atoms with van der Waals surface area (Å²) in [5.74, 6) is 0. The molecule has 0 unspecified atom stereocenters. The summed E-state index contributed by atoms with van der Waals surface area (Å²) in [4.78, 5) is 0. The Morgan fingerprint density at radius 1 is 1.75 bits per heavy atom. The molecule has 0 fully saturated rings. The van der Waals surface area contributed by atoms with Crippen molar-refractivity contribution in [2.45, 2.75) is 26.2 Å². The van der Waals surface area contributed by atoms with Crippen LogP contribution in [-0.2, 0) is 0 Å². The first-order valence-corrected chi connectivity index (χ1v) is 2.84. The summed E-state index contributed by atoms with van der Waals surface area (Å²) in [5, 5.41) is 11.3. The van der Waals surface area contributed by atoms with Crippen molar-refractivity contribution in [2.75, 3.05) is 0 Å². The highest BCUT2D eigenvalue weighted by Gasteiger charge is 1.91. The van der Waals surface area contributed by atoms with Crippen LogP contribution in [0.1, 0.15) is 26.2 Å². The highest BCUT2D eigenvalue weighted by Crippen LogP contribution is 1.94. The second-order valence-electron chi connectivity index (χ2n) is 1.67. The van der Waals surface area contributed by atoms with Crippen molar-refractivity contribution >= 4 is 5.71 Å². The van der Waals surface area contributed by atoms with Gasteiger partial charge in [0.05, 0.1) is 5.71 Å². The lowest BCUT2D eigenvalue weighted by Gasteiger charge is -1.93. The number of rotatable bonds is 3. The zero-order valence-electron chi connectivity index (χ0n) is 5.22. The van der Waals surface area contributed by atoms with Gasteiger partial charge in [0, 0.05) is 0 Å². The number of oxime groups is 1. The van der Waals surface area contributed by atoms with Crippen molar-refractivity contribution in [3.63, 3.8) is 0 Å². The summed E-state index contributed by atoms with van der Waals surface area (Å²) in [6, 6.07) is 0. The Morgan fingerprint density at radius 3 is 2.50 bits per heavy atom. The van der Waals surface area contributed by atoms with Crippen LogP contribution in [0.25, 0.3) is 0 Å². The minimum absolute atomic E-state index is 0.615. The van der Waals surface area contributed by atoms with Crippen LogP contribution in [-0.4, -0.2) is 10.9 Å². The molecule has 0 aromatic rings. The van der Waals surface area contributed by atoms with E-state index >= 15 is 0 Å². The minimum Gasteiger partial charge on any atom is -0.411 e. The van der Waals surface area contributed by atoms with Crippen LogP contribution in [0.2, 0.25) is 0 Å². The molecule has 0 rings (SSSR count). The van der Waals surface area contributed by atoms with Gasteiger partial charge in [-0.1, -0.05) is 18.5 Å². The summed E-state index contributed by atoms with van der Waals surface area (Å²) >= 11 is 0. The average molecular weight is 114 g/mol. The summed E-state index contributed by atoms with van der Waals surface area (Å²) in [6.45, 7) is 5.63. The largest absolute Gasteiger partial charge is 0.411 e. The van der Waals surface area contributed by atoms with E-state index in [0.29, 0.717) is 6.42 Å². The highest BCUT2D eigenvalue weighted by atomic mass is 16.4. The van der Waals surface area contributed by atoms with Crippen LogP contribution in [0.3, 0.4) is 0 Å². The molecule has 1 radical (unpaired) electrons. The second kappa shape index (κ2) is 4.62. The van der Waals surface area contributed by atoms with Gasteiger partial charge >= 0.3 is 0 Å². The van der Waals surface area contributed by atoms with E-state index in [4.69, 9.17) is 5.21 Å². The van der Waals surface area contributed by atoms with E-state index in [2.05, 4.69) is 12.1 Å². The lowest BCUT2D eigenvalue weighted by Crippen LogP contribution is -1.93. The Hall–Kier alpha value is -0.530. The third-order valence-electron chi connectivity index (χ3n) is 0.969. The van der Waals surface area contributed by atoms with Gasteiger partial charge in [-0.15, -0.1) is 0 Å². The van der Waals surface area contributed by atoms with Crippen LogP contribution in [0.4, 0.5) is 0 Å². The molecule has 0 heterocycles. The summed E-state index contributed by atoms with van der Waals surface area (Å²) < 4.78 is 0. The molecule has 0 saturated heterocycles. The smallest absolute Gasteiger partial charge is 0.0570 e. The molecular weight excluding hydrogens is 102 g/mol. The van der Waals surface area contributed by atoms with Crippen molar-refractivity contribution in [3.8, 4) is 0 Å². The second-order valence-corrected chi connectivity index (χ2v) is 1.67. The fraction of sp³-hybridized carbons (Fsp3) is 0.667. The van der Waals surface area contributed by atoms with Gasteiger partial charge in [0.1, 0.15) is 0 Å². The van der Waals surface area contributed by atoms with Gasteiger partial charge in [-0.05, 0) is 19.8 Å². The van der Waals surface area contributed by atoms with Crippen LogP contribution >= 0.6 is 0 Å². The third-order valence-corrected chi connectivity index (χ3v) is 0.969. The Kier molecular flexibility index (Phi) is 4.32. The first-order chi connectivity index (χ1) is 3.85. The van der Waals surface area contributed by atoms with Gasteiger partial charge in [0.2, 0.25) is 0 Å². The molecular formula is C6H12NO. The van der Waals surface area contributed by atoms with Crippen molar-refractivity contribution in [3.05, 3.63) is 6.92 Å². The zero-order chi connectivity index (χ0) is 6.41. The van der Waals surface area contributed by atoms with E-state index < -0.39 is 0 Å². The molecule has 8 heavy (non-hydrogen) atoms. The van der Waals surface area contributed by atoms with E-state index in [0.717, 1.165) is 18.6 Å². The maximum atomic E-state index is 8.21. The highest BCUT2D eigenvalue weighted by molar-refractivity contribution is 5.84. The number of nitrogens with zero attached hydrogens (tertiary/aromatic N) is 1. The van der Waals surface area contributed by atoms with E-state index in [1.165, 1.54) is 0 Å². The van der Waals surface area contributed by atoms with Gasteiger partial charge in [0.25, 0.3) is 0 Å². The molecule has 1 N–H and O–H groups in total. The lowest BCUT2D eigenvalue weighted by atomic mass is 10.2. The van der Waals surface area contributed by atoms with Gasteiger partial charge in [0.15, 0.2) is 0 Å². The number of hydrogen-bond acceptors (Lipinski definition) is 2. The maximum absolute atomic E-state index is 8.21. The summed E-state index contributed by atoms with van der Waals surface area (Å²) in [6.07, 6.45) is 2.50. The lowest BCUT2D eigenvalue weighted by molar-refractivity contribution is 0.316. The molecule has 0 aromatic heterocycles. The van der Waals surface area contributed by atoms with Gasteiger partial charge in [-0.25, -0.2) is 0 Å². The summed E-state index contributed by atoms with van der Waals surface area (Å²) in [5.41, 5.74) is 0.785. The standard InChI is InChI=1S/C6H12NO/c1-3-5-6(4-2)7-8/h8H,2-5H2,1H3.